The second-order valence-electron chi connectivity index (χ2n) is 5.65. The number of nitrogen functional groups attached to an aromatic ring is 1. The van der Waals surface area contributed by atoms with Crippen LogP contribution in [-0.2, 0) is 10.5 Å². The van der Waals surface area contributed by atoms with Crippen LogP contribution in [0, 0.1) is 0 Å². The number of ether oxygens (including phenoxy) is 1. The topological polar surface area (TPSA) is 117 Å². The molecule has 8 heteroatoms. The van der Waals surface area contributed by atoms with E-state index >= 15 is 0 Å². The molecular weight excluding hydrogens is 366 g/mol. The standard InChI is InChI=1S/C19H21N3O4S/c1-12(21-22-19(25)13-3-6-16(20)7-4-13)14-5-8-17(26-2)15(9-14)10-27-11-18(23)24/h3-9H,10-11,20H2,1-2H3,(H,22,25)(H,23,24)/p-1/b21-12-. The van der Waals surface area contributed by atoms with Crippen LogP contribution in [0.5, 0.6) is 5.75 Å². The Balaban J connectivity index is 2.10. The summed E-state index contributed by atoms with van der Waals surface area (Å²) in [5, 5.41) is 14.7. The van der Waals surface area contributed by atoms with E-state index in [4.69, 9.17) is 10.5 Å². The molecule has 0 aliphatic carbocycles. The fraction of sp³-hybridized carbons (Fsp3) is 0.211. The molecule has 1 amide bonds. The number of anilines is 1. The van der Waals surface area contributed by atoms with Crippen LogP contribution < -0.4 is 21.0 Å². The zero-order valence-corrected chi connectivity index (χ0v) is 15.8. The summed E-state index contributed by atoms with van der Waals surface area (Å²) in [4.78, 5) is 22.7. The molecule has 0 heterocycles. The lowest BCUT2D eigenvalue weighted by molar-refractivity contribution is -0.301. The van der Waals surface area contributed by atoms with Crippen LogP contribution in [0.3, 0.4) is 0 Å². The van der Waals surface area contributed by atoms with E-state index in [9.17, 15) is 14.7 Å². The van der Waals surface area contributed by atoms with Crippen molar-refractivity contribution in [3.8, 4) is 5.75 Å². The maximum atomic E-state index is 12.1. The van der Waals surface area contributed by atoms with E-state index in [1.165, 1.54) is 11.8 Å². The molecule has 27 heavy (non-hydrogen) atoms. The molecule has 0 aliphatic rings. The van der Waals surface area contributed by atoms with Crippen LogP contribution in [0.4, 0.5) is 5.69 Å². The second-order valence-corrected chi connectivity index (χ2v) is 6.64. The number of carboxylic acid groups (broad SMARTS) is 1. The number of nitrogens with two attached hydrogens (primary N) is 1. The van der Waals surface area contributed by atoms with Gasteiger partial charge >= 0.3 is 0 Å². The van der Waals surface area contributed by atoms with Crippen molar-refractivity contribution in [2.24, 2.45) is 5.10 Å². The number of hydrogen-bond donors (Lipinski definition) is 2. The zero-order chi connectivity index (χ0) is 19.8. The number of nitrogens with one attached hydrogen (secondary N) is 1. The van der Waals surface area contributed by atoms with Crippen molar-refractivity contribution >= 4 is 35.0 Å². The quantitative estimate of drug-likeness (QED) is 0.402. The lowest BCUT2D eigenvalue weighted by Crippen LogP contribution is -2.24. The molecule has 0 saturated heterocycles. The summed E-state index contributed by atoms with van der Waals surface area (Å²) in [7, 11) is 1.55. The van der Waals surface area contributed by atoms with Gasteiger partial charge in [-0.2, -0.15) is 16.9 Å². The molecule has 0 radical (unpaired) electrons. The van der Waals surface area contributed by atoms with E-state index < -0.39 is 5.97 Å². The summed E-state index contributed by atoms with van der Waals surface area (Å²) in [6.07, 6.45) is 0. The second kappa shape index (κ2) is 9.63. The molecule has 0 bridgehead atoms. The highest BCUT2D eigenvalue weighted by Crippen LogP contribution is 2.24. The van der Waals surface area contributed by atoms with Gasteiger partial charge in [0, 0.05) is 28.3 Å². The average molecular weight is 386 g/mol. The lowest BCUT2D eigenvalue weighted by atomic mass is 10.1. The number of nitrogens with zero attached hydrogens (tertiary/aromatic N) is 1. The zero-order valence-electron chi connectivity index (χ0n) is 15.0. The molecule has 0 aliphatic heterocycles. The summed E-state index contributed by atoms with van der Waals surface area (Å²) < 4.78 is 5.31. The lowest BCUT2D eigenvalue weighted by Gasteiger charge is -2.11. The first-order valence-electron chi connectivity index (χ1n) is 8.05. The highest BCUT2D eigenvalue weighted by atomic mass is 32.2. The van der Waals surface area contributed by atoms with Crippen LogP contribution in [-0.4, -0.2) is 30.5 Å². The number of methoxy groups -OCH3 is 1. The Morgan fingerprint density at radius 1 is 1.19 bits per heavy atom. The van der Waals surface area contributed by atoms with Crippen molar-refractivity contribution in [3.63, 3.8) is 0 Å². The van der Waals surface area contributed by atoms with E-state index in [-0.39, 0.29) is 11.7 Å². The van der Waals surface area contributed by atoms with Gasteiger partial charge in [0.05, 0.1) is 18.8 Å². The van der Waals surface area contributed by atoms with E-state index in [2.05, 4.69) is 10.5 Å². The number of aliphatic carboxylic acids is 1. The van der Waals surface area contributed by atoms with Gasteiger partial charge in [0.2, 0.25) is 0 Å². The van der Waals surface area contributed by atoms with E-state index in [1.54, 1.807) is 44.4 Å². The van der Waals surface area contributed by atoms with E-state index in [0.717, 1.165) is 11.1 Å². The maximum Gasteiger partial charge on any atom is 0.271 e. The fourth-order valence-corrected chi connectivity index (χ4v) is 2.97. The Hall–Kier alpha value is -3.00. The Kier molecular flexibility index (Phi) is 7.25. The van der Waals surface area contributed by atoms with Crippen molar-refractivity contribution in [1.82, 2.24) is 5.43 Å². The van der Waals surface area contributed by atoms with Gasteiger partial charge in [-0.1, -0.05) is 0 Å². The van der Waals surface area contributed by atoms with Gasteiger partial charge in [-0.05, 0) is 55.0 Å². The Morgan fingerprint density at radius 2 is 1.85 bits per heavy atom. The smallest absolute Gasteiger partial charge is 0.271 e. The van der Waals surface area contributed by atoms with Gasteiger partial charge in [-0.25, -0.2) is 5.43 Å². The summed E-state index contributed by atoms with van der Waals surface area (Å²) in [5.41, 5.74) is 11.4. The Labute approximate surface area is 161 Å². The van der Waals surface area contributed by atoms with Crippen LogP contribution >= 0.6 is 11.8 Å². The number of rotatable bonds is 8. The number of carbonyl (C=O) groups is 2. The minimum Gasteiger partial charge on any atom is -0.549 e. The van der Waals surface area contributed by atoms with Gasteiger partial charge in [0.25, 0.3) is 5.91 Å². The third kappa shape index (κ3) is 6.03. The molecule has 0 aromatic heterocycles. The largest absolute Gasteiger partial charge is 0.549 e. The molecule has 7 nitrogen and oxygen atoms in total. The first kappa shape index (κ1) is 20.3. The minimum absolute atomic E-state index is 0.0991. The predicted molar refractivity (Wildman–Crippen MR) is 105 cm³/mol. The molecule has 0 spiro atoms. The van der Waals surface area contributed by atoms with Crippen LogP contribution in [0.2, 0.25) is 0 Å². The molecule has 3 N–H and O–H groups in total. The number of hydrazone groups is 1. The highest BCUT2D eigenvalue weighted by Gasteiger charge is 2.08. The predicted octanol–water partition coefficient (Wildman–Crippen LogP) is 1.41. The molecular formula is C19H20N3O4S-. The molecule has 142 valence electrons. The molecule has 0 fully saturated rings. The molecule has 0 saturated carbocycles. The normalized spacial score (nSPS) is 11.1. The van der Waals surface area contributed by atoms with Crippen molar-refractivity contribution in [2.45, 2.75) is 12.7 Å². The molecule has 0 unspecified atom stereocenters. The molecule has 2 aromatic carbocycles. The summed E-state index contributed by atoms with van der Waals surface area (Å²) >= 11 is 1.22. The molecule has 2 rings (SSSR count). The highest BCUT2D eigenvalue weighted by molar-refractivity contribution is 7.99. The third-order valence-corrected chi connectivity index (χ3v) is 4.63. The van der Waals surface area contributed by atoms with E-state index in [1.807, 2.05) is 12.1 Å². The first-order chi connectivity index (χ1) is 12.9. The summed E-state index contributed by atoms with van der Waals surface area (Å²) in [5.74, 6) is -0.442. The Bertz CT molecular complexity index is 851. The summed E-state index contributed by atoms with van der Waals surface area (Å²) in [6.45, 7) is 1.77. The number of thioether (sulfide) groups is 1. The van der Waals surface area contributed by atoms with Gasteiger partial charge in [0.1, 0.15) is 5.75 Å². The molecule has 0 atom stereocenters. The Morgan fingerprint density at radius 3 is 2.48 bits per heavy atom. The fourth-order valence-electron chi connectivity index (χ4n) is 2.26. The van der Waals surface area contributed by atoms with Gasteiger partial charge in [0.15, 0.2) is 0 Å². The van der Waals surface area contributed by atoms with Crippen molar-refractivity contribution in [2.75, 3.05) is 18.6 Å². The van der Waals surface area contributed by atoms with Crippen LogP contribution in [0.25, 0.3) is 0 Å². The first-order valence-corrected chi connectivity index (χ1v) is 9.21. The average Bonchev–Trinajstić information content (AvgIpc) is 2.66. The number of amides is 1. The van der Waals surface area contributed by atoms with E-state index in [0.29, 0.717) is 28.5 Å². The van der Waals surface area contributed by atoms with Crippen molar-refractivity contribution < 1.29 is 19.4 Å². The third-order valence-electron chi connectivity index (χ3n) is 3.67. The number of benzene rings is 2. The van der Waals surface area contributed by atoms with Crippen molar-refractivity contribution in [3.05, 3.63) is 59.2 Å². The molecule has 2 aromatic rings. The minimum atomic E-state index is -1.11. The number of hydrogen-bond acceptors (Lipinski definition) is 7. The van der Waals surface area contributed by atoms with Crippen LogP contribution in [0.1, 0.15) is 28.4 Å². The monoisotopic (exact) mass is 386 g/mol. The number of carboxylic acids is 1. The maximum absolute atomic E-state index is 12.1. The van der Waals surface area contributed by atoms with Gasteiger partial charge < -0.3 is 20.4 Å². The summed E-state index contributed by atoms with van der Waals surface area (Å²) in [6, 6.07) is 12.0. The van der Waals surface area contributed by atoms with Gasteiger partial charge in [-0.3, -0.25) is 4.79 Å². The van der Waals surface area contributed by atoms with Crippen molar-refractivity contribution in [1.29, 1.82) is 0 Å². The van der Waals surface area contributed by atoms with Crippen LogP contribution in [0.15, 0.2) is 47.6 Å². The SMILES string of the molecule is COc1ccc(/C(C)=N\NC(=O)c2ccc(N)cc2)cc1CSCC(=O)[O-]. The van der Waals surface area contributed by atoms with Gasteiger partial charge in [-0.15, -0.1) is 0 Å². The number of carbonyl (C=O) groups excluding carboxylic acids is 2.